The van der Waals surface area contributed by atoms with E-state index in [4.69, 9.17) is 5.10 Å². The van der Waals surface area contributed by atoms with E-state index in [9.17, 15) is 0 Å². The minimum atomic E-state index is 0.506. The average molecular weight is 321 g/mol. The highest BCUT2D eigenvalue weighted by Crippen LogP contribution is 2.34. The second kappa shape index (κ2) is 6.56. The summed E-state index contributed by atoms with van der Waals surface area (Å²) in [7, 11) is 0. The standard InChI is InChI=1S/C21H27N3/c1-15-21(19-10-11-20(12-19)22-13-17-8-9-17)16(2)24(23-15)14-18-6-4-3-5-7-18/h3-7,10-11,17,19-20,22H,8-9,12-14H2,1-2H3/t19-,20+/m0/s1. The quantitative estimate of drug-likeness (QED) is 0.816. The van der Waals surface area contributed by atoms with E-state index in [1.807, 2.05) is 0 Å². The monoisotopic (exact) mass is 321 g/mol. The molecule has 0 radical (unpaired) electrons. The van der Waals surface area contributed by atoms with E-state index in [1.54, 1.807) is 0 Å². The van der Waals surface area contributed by atoms with Crippen molar-refractivity contribution in [1.29, 1.82) is 0 Å². The average Bonchev–Trinajstić information content (AvgIpc) is 3.24. The summed E-state index contributed by atoms with van der Waals surface area (Å²) in [5, 5.41) is 8.54. The van der Waals surface area contributed by atoms with Gasteiger partial charge in [-0.15, -0.1) is 0 Å². The topological polar surface area (TPSA) is 29.9 Å². The predicted molar refractivity (Wildman–Crippen MR) is 98.3 cm³/mol. The van der Waals surface area contributed by atoms with Crippen molar-refractivity contribution in [2.24, 2.45) is 5.92 Å². The zero-order valence-electron chi connectivity index (χ0n) is 14.7. The Morgan fingerprint density at radius 2 is 1.92 bits per heavy atom. The van der Waals surface area contributed by atoms with Gasteiger partial charge in [0.05, 0.1) is 12.2 Å². The number of nitrogens with one attached hydrogen (secondary N) is 1. The highest BCUT2D eigenvalue weighted by atomic mass is 15.3. The fourth-order valence-corrected chi connectivity index (χ4v) is 3.86. The summed E-state index contributed by atoms with van der Waals surface area (Å²) in [4.78, 5) is 0. The van der Waals surface area contributed by atoms with E-state index in [1.165, 1.54) is 48.3 Å². The maximum atomic E-state index is 4.82. The first kappa shape index (κ1) is 15.6. The maximum Gasteiger partial charge on any atom is 0.0662 e. The molecule has 3 nitrogen and oxygen atoms in total. The first-order valence-corrected chi connectivity index (χ1v) is 9.20. The van der Waals surface area contributed by atoms with E-state index in [0.717, 1.165) is 12.5 Å². The van der Waals surface area contributed by atoms with Gasteiger partial charge in [0.2, 0.25) is 0 Å². The van der Waals surface area contributed by atoms with Crippen molar-refractivity contribution in [3.63, 3.8) is 0 Å². The van der Waals surface area contributed by atoms with E-state index in [0.29, 0.717) is 12.0 Å². The van der Waals surface area contributed by atoms with E-state index >= 15 is 0 Å². The molecule has 2 aromatic rings. The lowest BCUT2D eigenvalue weighted by Crippen LogP contribution is -2.28. The van der Waals surface area contributed by atoms with Gasteiger partial charge in [-0.25, -0.2) is 0 Å². The molecule has 0 bridgehead atoms. The number of hydrogen-bond donors (Lipinski definition) is 1. The van der Waals surface area contributed by atoms with Crippen LogP contribution in [-0.2, 0) is 6.54 Å². The summed E-state index contributed by atoms with van der Waals surface area (Å²) in [6, 6.07) is 11.1. The molecule has 0 saturated heterocycles. The third kappa shape index (κ3) is 3.32. The largest absolute Gasteiger partial charge is 0.310 e. The Balaban J connectivity index is 1.46. The van der Waals surface area contributed by atoms with Crippen molar-refractivity contribution in [2.75, 3.05) is 6.54 Å². The van der Waals surface area contributed by atoms with Crippen LogP contribution in [0.15, 0.2) is 42.5 Å². The van der Waals surface area contributed by atoms with Gasteiger partial charge < -0.3 is 5.32 Å². The summed E-state index contributed by atoms with van der Waals surface area (Å²) < 4.78 is 2.17. The smallest absolute Gasteiger partial charge is 0.0662 e. The molecule has 3 heteroatoms. The number of nitrogens with zero attached hydrogens (tertiary/aromatic N) is 2. The van der Waals surface area contributed by atoms with Crippen LogP contribution in [0.2, 0.25) is 0 Å². The van der Waals surface area contributed by atoms with Crippen LogP contribution in [0, 0.1) is 19.8 Å². The van der Waals surface area contributed by atoms with Gasteiger partial charge in [0.25, 0.3) is 0 Å². The lowest BCUT2D eigenvalue weighted by molar-refractivity contribution is 0.539. The van der Waals surface area contributed by atoms with Crippen LogP contribution in [0.1, 0.15) is 47.7 Å². The molecule has 2 aliphatic carbocycles. The first-order chi connectivity index (χ1) is 11.7. The molecular formula is C21H27N3. The Bertz CT molecular complexity index is 725. The Hall–Kier alpha value is -1.87. The van der Waals surface area contributed by atoms with Crippen LogP contribution >= 0.6 is 0 Å². The van der Waals surface area contributed by atoms with Crippen molar-refractivity contribution < 1.29 is 0 Å². The van der Waals surface area contributed by atoms with Crippen molar-refractivity contribution in [3.8, 4) is 0 Å². The van der Waals surface area contributed by atoms with E-state index in [-0.39, 0.29) is 0 Å². The zero-order chi connectivity index (χ0) is 16.5. The Kier molecular flexibility index (Phi) is 4.28. The van der Waals surface area contributed by atoms with Gasteiger partial charge in [0, 0.05) is 23.2 Å². The lowest BCUT2D eigenvalue weighted by atomic mass is 9.96. The molecule has 0 amide bonds. The molecule has 2 atom stereocenters. The summed E-state index contributed by atoms with van der Waals surface area (Å²) in [5.41, 5.74) is 5.23. The highest BCUT2D eigenvalue weighted by Gasteiger charge is 2.27. The summed E-state index contributed by atoms with van der Waals surface area (Å²) in [6.45, 7) is 6.42. The fourth-order valence-electron chi connectivity index (χ4n) is 3.86. The van der Waals surface area contributed by atoms with Gasteiger partial charge in [-0.05, 0) is 51.1 Å². The number of aromatic nitrogens is 2. The summed E-state index contributed by atoms with van der Waals surface area (Å²) in [5.74, 6) is 1.45. The van der Waals surface area contributed by atoms with Crippen molar-refractivity contribution in [1.82, 2.24) is 15.1 Å². The molecule has 1 aromatic carbocycles. The van der Waals surface area contributed by atoms with Crippen LogP contribution in [0.25, 0.3) is 0 Å². The summed E-state index contributed by atoms with van der Waals surface area (Å²) >= 11 is 0. The molecule has 1 heterocycles. The second-order valence-corrected chi connectivity index (χ2v) is 7.41. The molecule has 0 spiro atoms. The number of benzene rings is 1. The maximum absolute atomic E-state index is 4.82. The normalized spacial score (nSPS) is 23.1. The number of aryl methyl sites for hydroxylation is 1. The van der Waals surface area contributed by atoms with Crippen LogP contribution in [0.3, 0.4) is 0 Å². The predicted octanol–water partition coefficient (Wildman–Crippen LogP) is 3.96. The van der Waals surface area contributed by atoms with Crippen molar-refractivity contribution >= 4 is 0 Å². The van der Waals surface area contributed by atoms with E-state index < -0.39 is 0 Å². The van der Waals surface area contributed by atoms with Gasteiger partial charge in [-0.3, -0.25) is 4.68 Å². The van der Waals surface area contributed by atoms with Gasteiger partial charge in [-0.1, -0.05) is 42.5 Å². The van der Waals surface area contributed by atoms with Crippen LogP contribution in [0.5, 0.6) is 0 Å². The summed E-state index contributed by atoms with van der Waals surface area (Å²) in [6.07, 6.45) is 8.75. The molecule has 1 aromatic heterocycles. The van der Waals surface area contributed by atoms with Gasteiger partial charge in [0.15, 0.2) is 0 Å². The minimum absolute atomic E-state index is 0.506. The lowest BCUT2D eigenvalue weighted by Gasteiger charge is -2.14. The molecule has 4 rings (SSSR count). The zero-order valence-corrected chi connectivity index (χ0v) is 14.7. The van der Waals surface area contributed by atoms with Crippen molar-refractivity contribution in [2.45, 2.75) is 51.6 Å². The molecule has 1 N–H and O–H groups in total. The van der Waals surface area contributed by atoms with Gasteiger partial charge >= 0.3 is 0 Å². The SMILES string of the molecule is Cc1nn(Cc2ccccc2)c(C)c1[C@H]1C=C[C@@H](NCC2CC2)C1. The first-order valence-electron chi connectivity index (χ1n) is 9.20. The Morgan fingerprint density at radius 1 is 1.12 bits per heavy atom. The van der Waals surface area contributed by atoms with Gasteiger partial charge in [0.1, 0.15) is 0 Å². The highest BCUT2D eigenvalue weighted by molar-refractivity contribution is 5.35. The molecule has 0 unspecified atom stereocenters. The third-order valence-electron chi connectivity index (χ3n) is 5.43. The second-order valence-electron chi connectivity index (χ2n) is 7.41. The molecule has 1 fully saturated rings. The number of rotatable bonds is 6. The molecular weight excluding hydrogens is 294 g/mol. The molecule has 2 aliphatic rings. The van der Waals surface area contributed by atoms with Gasteiger partial charge in [-0.2, -0.15) is 5.10 Å². The third-order valence-corrected chi connectivity index (χ3v) is 5.43. The van der Waals surface area contributed by atoms with Crippen molar-refractivity contribution in [3.05, 3.63) is 65.0 Å². The molecule has 1 saturated carbocycles. The molecule has 0 aliphatic heterocycles. The molecule has 24 heavy (non-hydrogen) atoms. The Morgan fingerprint density at radius 3 is 2.67 bits per heavy atom. The van der Waals surface area contributed by atoms with E-state index in [2.05, 4.69) is 66.3 Å². The van der Waals surface area contributed by atoms with Crippen LogP contribution in [-0.4, -0.2) is 22.4 Å². The number of hydrogen-bond acceptors (Lipinski definition) is 2. The van der Waals surface area contributed by atoms with Crippen LogP contribution in [0.4, 0.5) is 0 Å². The molecule has 126 valence electrons. The number of allylic oxidation sites excluding steroid dienone is 1. The fraction of sp³-hybridized carbons (Fsp3) is 0.476. The van der Waals surface area contributed by atoms with Crippen LogP contribution < -0.4 is 5.32 Å². The minimum Gasteiger partial charge on any atom is -0.310 e. The Labute approximate surface area is 144 Å².